The maximum absolute atomic E-state index is 12.1. The molecule has 0 saturated carbocycles. The van der Waals surface area contributed by atoms with Gasteiger partial charge in [0.2, 0.25) is 10.0 Å². The Morgan fingerprint density at radius 1 is 1.37 bits per heavy atom. The van der Waals surface area contributed by atoms with E-state index >= 15 is 0 Å². The molecule has 0 spiro atoms. The van der Waals surface area contributed by atoms with E-state index in [0.717, 1.165) is 0 Å². The van der Waals surface area contributed by atoms with Crippen LogP contribution in [-0.2, 0) is 21.4 Å². The second kappa shape index (κ2) is 6.47. The first-order valence-electron chi connectivity index (χ1n) is 6.14. The lowest BCUT2D eigenvalue weighted by Gasteiger charge is -2.24. The monoisotopic (exact) mass is 287 g/mol. The first kappa shape index (κ1) is 16.1. The van der Waals surface area contributed by atoms with Gasteiger partial charge in [-0.15, -0.1) is 0 Å². The molecule has 108 valence electrons. The van der Waals surface area contributed by atoms with Gasteiger partial charge in [0.25, 0.3) is 0 Å². The van der Waals surface area contributed by atoms with E-state index in [4.69, 9.17) is 9.84 Å². The molecule has 5 nitrogen and oxygen atoms in total. The molecule has 2 N–H and O–H groups in total. The van der Waals surface area contributed by atoms with E-state index < -0.39 is 15.6 Å². The third kappa shape index (κ3) is 4.91. The minimum Gasteiger partial charge on any atom is -0.392 e. The summed E-state index contributed by atoms with van der Waals surface area (Å²) in [6, 6.07) is 6.22. The first-order chi connectivity index (χ1) is 8.80. The molecule has 0 bridgehead atoms. The Balaban J connectivity index is 2.81. The molecule has 0 aliphatic carbocycles. The predicted molar refractivity (Wildman–Crippen MR) is 73.3 cm³/mol. The van der Waals surface area contributed by atoms with Gasteiger partial charge in [0.15, 0.2) is 0 Å². The van der Waals surface area contributed by atoms with Crippen LogP contribution in [0.15, 0.2) is 29.2 Å². The van der Waals surface area contributed by atoms with Gasteiger partial charge in [0, 0.05) is 13.2 Å². The molecular weight excluding hydrogens is 266 g/mol. The Hall–Kier alpha value is -0.950. The Bertz CT molecular complexity index is 511. The normalized spacial score (nSPS) is 12.6. The molecule has 0 radical (unpaired) electrons. The van der Waals surface area contributed by atoms with Crippen molar-refractivity contribution in [3.8, 4) is 0 Å². The van der Waals surface area contributed by atoms with Crippen LogP contribution in [0.2, 0.25) is 0 Å². The summed E-state index contributed by atoms with van der Waals surface area (Å²) >= 11 is 0. The third-order valence-corrected chi connectivity index (χ3v) is 4.01. The second-order valence-corrected chi connectivity index (χ2v) is 6.59. The van der Waals surface area contributed by atoms with Crippen LogP contribution in [0.4, 0.5) is 0 Å². The molecule has 0 unspecified atom stereocenters. The van der Waals surface area contributed by atoms with Crippen LogP contribution in [0, 0.1) is 0 Å². The van der Waals surface area contributed by atoms with Gasteiger partial charge in [-0.05, 0) is 38.5 Å². The molecule has 0 heterocycles. The van der Waals surface area contributed by atoms with Crippen molar-refractivity contribution in [2.75, 3.05) is 13.2 Å². The zero-order valence-corrected chi connectivity index (χ0v) is 12.3. The van der Waals surface area contributed by atoms with Gasteiger partial charge in [-0.3, -0.25) is 0 Å². The van der Waals surface area contributed by atoms with Gasteiger partial charge in [-0.1, -0.05) is 12.1 Å². The Morgan fingerprint density at radius 3 is 2.63 bits per heavy atom. The Morgan fingerprint density at radius 2 is 2.05 bits per heavy atom. The van der Waals surface area contributed by atoms with Crippen LogP contribution in [0.1, 0.15) is 26.3 Å². The zero-order valence-electron chi connectivity index (χ0n) is 11.5. The van der Waals surface area contributed by atoms with E-state index in [1.165, 1.54) is 12.1 Å². The number of ether oxygens (including phenoxy) is 1. The highest BCUT2D eigenvalue weighted by molar-refractivity contribution is 7.89. The first-order valence-corrected chi connectivity index (χ1v) is 7.62. The van der Waals surface area contributed by atoms with E-state index in [0.29, 0.717) is 12.2 Å². The summed E-state index contributed by atoms with van der Waals surface area (Å²) in [6.45, 7) is 6.03. The van der Waals surface area contributed by atoms with E-state index in [9.17, 15) is 8.42 Å². The van der Waals surface area contributed by atoms with E-state index in [1.807, 2.05) is 20.8 Å². The summed E-state index contributed by atoms with van der Waals surface area (Å²) in [5.74, 6) is 0. The standard InChI is InChI=1S/C13H21NO4S/c1-4-18-13(2,3)10-14-19(16,17)12-7-5-6-11(8-12)9-15/h5-8,14-15H,4,9-10H2,1-3H3. The van der Waals surface area contributed by atoms with Crippen LogP contribution in [-0.4, -0.2) is 32.3 Å². The molecule has 0 atom stereocenters. The number of aliphatic hydroxyl groups excluding tert-OH is 1. The SMILES string of the molecule is CCOC(C)(C)CNS(=O)(=O)c1cccc(CO)c1. The largest absolute Gasteiger partial charge is 0.392 e. The zero-order chi connectivity index (χ0) is 14.5. The van der Waals surface area contributed by atoms with Crippen molar-refractivity contribution in [3.63, 3.8) is 0 Å². The highest BCUT2D eigenvalue weighted by Crippen LogP contribution is 2.13. The molecule has 0 fully saturated rings. The molecule has 0 aliphatic rings. The fraction of sp³-hybridized carbons (Fsp3) is 0.538. The lowest BCUT2D eigenvalue weighted by Crippen LogP contribution is -2.40. The van der Waals surface area contributed by atoms with Crippen LogP contribution >= 0.6 is 0 Å². The number of sulfonamides is 1. The van der Waals surface area contributed by atoms with Crippen molar-refractivity contribution < 1.29 is 18.3 Å². The molecule has 6 heteroatoms. The molecule has 19 heavy (non-hydrogen) atoms. The minimum atomic E-state index is -3.59. The quantitative estimate of drug-likeness (QED) is 0.792. The molecule has 0 aliphatic heterocycles. The van der Waals surface area contributed by atoms with Gasteiger partial charge in [0.1, 0.15) is 0 Å². The second-order valence-electron chi connectivity index (χ2n) is 4.82. The van der Waals surface area contributed by atoms with Crippen molar-refractivity contribution in [1.82, 2.24) is 4.72 Å². The highest BCUT2D eigenvalue weighted by Gasteiger charge is 2.22. The highest BCUT2D eigenvalue weighted by atomic mass is 32.2. The van der Waals surface area contributed by atoms with E-state index in [2.05, 4.69) is 4.72 Å². The van der Waals surface area contributed by atoms with Crippen LogP contribution in [0.5, 0.6) is 0 Å². The summed E-state index contributed by atoms with van der Waals surface area (Å²) in [7, 11) is -3.59. The lowest BCUT2D eigenvalue weighted by molar-refractivity contribution is -0.00515. The average Bonchev–Trinajstić information content (AvgIpc) is 2.37. The molecule has 0 amide bonds. The topological polar surface area (TPSA) is 75.6 Å². The number of nitrogens with one attached hydrogen (secondary N) is 1. The van der Waals surface area contributed by atoms with Crippen molar-refractivity contribution in [3.05, 3.63) is 29.8 Å². The summed E-state index contributed by atoms with van der Waals surface area (Å²) < 4.78 is 32.2. The van der Waals surface area contributed by atoms with E-state index in [1.54, 1.807) is 12.1 Å². The Kier molecular flexibility index (Phi) is 5.49. The van der Waals surface area contributed by atoms with Gasteiger partial charge >= 0.3 is 0 Å². The lowest BCUT2D eigenvalue weighted by atomic mass is 10.1. The van der Waals surface area contributed by atoms with Gasteiger partial charge in [-0.25, -0.2) is 13.1 Å². The number of rotatable bonds is 7. The number of hydrogen-bond acceptors (Lipinski definition) is 4. The molecule has 1 rings (SSSR count). The van der Waals surface area contributed by atoms with Crippen molar-refractivity contribution in [2.24, 2.45) is 0 Å². The van der Waals surface area contributed by atoms with Gasteiger partial charge < -0.3 is 9.84 Å². The molecule has 1 aromatic carbocycles. The van der Waals surface area contributed by atoms with Gasteiger partial charge in [0.05, 0.1) is 17.1 Å². The minimum absolute atomic E-state index is 0.145. The predicted octanol–water partition coefficient (Wildman–Crippen LogP) is 1.27. The summed E-state index contributed by atoms with van der Waals surface area (Å²) in [4.78, 5) is 0.145. The van der Waals surface area contributed by atoms with Crippen LogP contribution in [0.25, 0.3) is 0 Å². The molecule has 0 aromatic heterocycles. The number of hydrogen-bond donors (Lipinski definition) is 2. The maximum Gasteiger partial charge on any atom is 0.240 e. The van der Waals surface area contributed by atoms with Crippen LogP contribution in [0.3, 0.4) is 0 Å². The number of aliphatic hydroxyl groups is 1. The van der Waals surface area contributed by atoms with E-state index in [-0.39, 0.29) is 18.0 Å². The Labute approximate surface area is 114 Å². The van der Waals surface area contributed by atoms with Crippen molar-refractivity contribution >= 4 is 10.0 Å². The number of benzene rings is 1. The average molecular weight is 287 g/mol. The van der Waals surface area contributed by atoms with Crippen LogP contribution < -0.4 is 4.72 Å². The fourth-order valence-electron chi connectivity index (χ4n) is 1.60. The summed E-state index contributed by atoms with van der Waals surface area (Å²) in [5, 5.41) is 9.02. The molecule has 1 aromatic rings. The summed E-state index contributed by atoms with van der Waals surface area (Å²) in [6.07, 6.45) is 0. The molecule has 0 saturated heterocycles. The smallest absolute Gasteiger partial charge is 0.240 e. The maximum atomic E-state index is 12.1. The van der Waals surface area contributed by atoms with Crippen molar-refractivity contribution in [2.45, 2.75) is 37.9 Å². The molecular formula is C13H21NO4S. The van der Waals surface area contributed by atoms with Gasteiger partial charge in [-0.2, -0.15) is 0 Å². The van der Waals surface area contributed by atoms with Crippen molar-refractivity contribution in [1.29, 1.82) is 0 Å². The fourth-order valence-corrected chi connectivity index (χ4v) is 2.87. The summed E-state index contributed by atoms with van der Waals surface area (Å²) in [5.41, 5.74) is 0.00287. The third-order valence-electron chi connectivity index (χ3n) is 2.61.